The largest absolute Gasteiger partial charge is 0.488 e. The Labute approximate surface area is 169 Å². The maximum absolute atomic E-state index is 12.5. The normalized spacial score (nSPS) is 17.8. The number of para-hydroxylation sites is 1. The summed E-state index contributed by atoms with van der Waals surface area (Å²) in [5.74, 6) is 1.32. The van der Waals surface area contributed by atoms with Gasteiger partial charge in [0.15, 0.2) is 0 Å². The maximum Gasteiger partial charge on any atom is 0.319 e. The number of anilines is 1. The third-order valence-electron chi connectivity index (χ3n) is 4.73. The molecule has 8 nitrogen and oxygen atoms in total. The van der Waals surface area contributed by atoms with Gasteiger partial charge in [-0.05, 0) is 36.2 Å². The molecule has 1 atom stereocenters. The Morgan fingerprint density at radius 2 is 2.03 bits per heavy atom. The lowest BCUT2D eigenvalue weighted by Gasteiger charge is -2.13. The zero-order chi connectivity index (χ0) is 20.3. The highest BCUT2D eigenvalue weighted by molar-refractivity contribution is 7.90. The molecule has 0 saturated carbocycles. The molecule has 0 fully saturated rings. The van der Waals surface area contributed by atoms with E-state index in [0.717, 1.165) is 24.2 Å². The van der Waals surface area contributed by atoms with Crippen LogP contribution in [0.2, 0.25) is 0 Å². The van der Waals surface area contributed by atoms with E-state index in [9.17, 15) is 13.2 Å². The fourth-order valence-electron chi connectivity index (χ4n) is 3.33. The Kier molecular flexibility index (Phi) is 5.39. The van der Waals surface area contributed by atoms with Crippen molar-refractivity contribution >= 4 is 27.6 Å². The maximum atomic E-state index is 12.5. The molecule has 0 bridgehead atoms. The zero-order valence-electron chi connectivity index (χ0n) is 15.7. The standard InChI is InChI=1S/C20H22N4O4S/c25-20(22-13-16-11-14-5-1-2-8-18(14)28-16)23-15-6-3-7-17(12-15)29(26,27)24-19-9-4-10-21-19/h1-3,5-8,12,16H,4,9-11,13H2,(H,21,24)(H2,22,23,25)/t16-/m0/s1. The molecule has 29 heavy (non-hydrogen) atoms. The molecule has 2 amide bonds. The van der Waals surface area contributed by atoms with E-state index in [1.54, 1.807) is 12.1 Å². The van der Waals surface area contributed by atoms with Gasteiger partial charge in [0.25, 0.3) is 10.0 Å². The summed E-state index contributed by atoms with van der Waals surface area (Å²) in [5.41, 5.74) is 1.51. The summed E-state index contributed by atoms with van der Waals surface area (Å²) in [6, 6.07) is 13.5. The van der Waals surface area contributed by atoms with Crippen molar-refractivity contribution in [3.63, 3.8) is 0 Å². The van der Waals surface area contributed by atoms with Gasteiger partial charge < -0.3 is 15.4 Å². The van der Waals surface area contributed by atoms with E-state index in [1.807, 2.05) is 24.3 Å². The second-order valence-corrected chi connectivity index (χ2v) is 8.63. The first-order valence-corrected chi connectivity index (χ1v) is 10.9. The molecule has 0 aliphatic carbocycles. The summed E-state index contributed by atoms with van der Waals surface area (Å²) in [6.45, 7) is 0.981. The summed E-state index contributed by atoms with van der Waals surface area (Å²) < 4.78 is 33.3. The average Bonchev–Trinajstić information content (AvgIpc) is 3.35. The number of ether oxygens (including phenoxy) is 1. The van der Waals surface area contributed by atoms with Crippen LogP contribution in [-0.4, -0.2) is 39.5 Å². The van der Waals surface area contributed by atoms with Crippen molar-refractivity contribution < 1.29 is 17.9 Å². The van der Waals surface area contributed by atoms with E-state index in [-0.39, 0.29) is 11.0 Å². The van der Waals surface area contributed by atoms with Gasteiger partial charge >= 0.3 is 6.03 Å². The van der Waals surface area contributed by atoms with Crippen molar-refractivity contribution in [2.45, 2.75) is 30.3 Å². The Morgan fingerprint density at radius 3 is 2.83 bits per heavy atom. The molecule has 9 heteroatoms. The number of aliphatic imine (C=N–C) groups is 1. The van der Waals surface area contributed by atoms with Gasteiger partial charge in [0.05, 0.1) is 11.4 Å². The number of nitrogens with zero attached hydrogens (tertiary/aromatic N) is 1. The molecule has 2 heterocycles. The number of benzene rings is 2. The van der Waals surface area contributed by atoms with E-state index in [0.29, 0.717) is 31.0 Å². The van der Waals surface area contributed by atoms with Crippen molar-refractivity contribution in [3.8, 4) is 5.75 Å². The van der Waals surface area contributed by atoms with Gasteiger partial charge in [0.2, 0.25) is 0 Å². The van der Waals surface area contributed by atoms with Crippen LogP contribution in [0.1, 0.15) is 18.4 Å². The lowest BCUT2D eigenvalue weighted by molar-refractivity contribution is 0.219. The third kappa shape index (κ3) is 4.68. The van der Waals surface area contributed by atoms with Gasteiger partial charge in [-0.3, -0.25) is 9.71 Å². The molecular weight excluding hydrogens is 392 g/mol. The molecule has 2 aliphatic heterocycles. The lowest BCUT2D eigenvalue weighted by atomic mass is 10.1. The second-order valence-electron chi connectivity index (χ2n) is 6.95. The Balaban J connectivity index is 1.32. The molecule has 152 valence electrons. The average molecular weight is 414 g/mol. The number of fused-ring (bicyclic) bond motifs is 1. The van der Waals surface area contributed by atoms with Crippen LogP contribution in [0.3, 0.4) is 0 Å². The van der Waals surface area contributed by atoms with Crippen LogP contribution in [0, 0.1) is 0 Å². The smallest absolute Gasteiger partial charge is 0.319 e. The molecule has 0 unspecified atom stereocenters. The predicted octanol–water partition coefficient (Wildman–Crippen LogP) is 2.28. The number of sulfonamides is 1. The summed E-state index contributed by atoms with van der Waals surface area (Å²) in [6.07, 6.45) is 2.07. The zero-order valence-corrected chi connectivity index (χ0v) is 16.5. The first-order valence-electron chi connectivity index (χ1n) is 9.45. The monoisotopic (exact) mass is 414 g/mol. The quantitative estimate of drug-likeness (QED) is 0.697. The van der Waals surface area contributed by atoms with Gasteiger partial charge in [-0.25, -0.2) is 13.2 Å². The number of hydrogen-bond acceptors (Lipinski definition) is 5. The highest BCUT2D eigenvalue weighted by atomic mass is 32.2. The minimum Gasteiger partial charge on any atom is -0.488 e. The van der Waals surface area contributed by atoms with E-state index >= 15 is 0 Å². The van der Waals surface area contributed by atoms with Crippen LogP contribution in [0.15, 0.2) is 58.4 Å². The van der Waals surface area contributed by atoms with Crippen molar-refractivity contribution in [2.75, 3.05) is 18.4 Å². The first-order chi connectivity index (χ1) is 14.0. The number of rotatable bonds is 5. The van der Waals surface area contributed by atoms with Crippen molar-refractivity contribution in [2.24, 2.45) is 4.99 Å². The van der Waals surface area contributed by atoms with Crippen molar-refractivity contribution in [3.05, 3.63) is 54.1 Å². The van der Waals surface area contributed by atoms with Crippen LogP contribution in [0.5, 0.6) is 5.75 Å². The van der Waals surface area contributed by atoms with Crippen LogP contribution in [0.4, 0.5) is 10.5 Å². The Bertz CT molecular complexity index is 1030. The minimum absolute atomic E-state index is 0.0690. The van der Waals surface area contributed by atoms with Crippen molar-refractivity contribution in [1.29, 1.82) is 0 Å². The van der Waals surface area contributed by atoms with Gasteiger partial charge in [-0.2, -0.15) is 0 Å². The molecule has 0 saturated heterocycles. The van der Waals surface area contributed by atoms with Crippen LogP contribution in [0.25, 0.3) is 0 Å². The highest BCUT2D eigenvalue weighted by Crippen LogP contribution is 2.27. The SMILES string of the molecule is O=C(NC[C@@H]1Cc2ccccc2O1)Nc1cccc(S(=O)(=O)NC2=NCCC2)c1. The van der Waals surface area contributed by atoms with E-state index in [1.165, 1.54) is 12.1 Å². The van der Waals surface area contributed by atoms with E-state index in [4.69, 9.17) is 4.74 Å². The lowest BCUT2D eigenvalue weighted by Crippen LogP contribution is -2.37. The summed E-state index contributed by atoms with van der Waals surface area (Å²) in [5, 5.41) is 5.43. The number of carbonyl (C=O) groups is 1. The highest BCUT2D eigenvalue weighted by Gasteiger charge is 2.23. The fourth-order valence-corrected chi connectivity index (χ4v) is 4.46. The summed E-state index contributed by atoms with van der Waals surface area (Å²) >= 11 is 0. The van der Waals surface area contributed by atoms with Crippen LogP contribution in [-0.2, 0) is 16.4 Å². The van der Waals surface area contributed by atoms with Gasteiger partial charge in [-0.15, -0.1) is 0 Å². The molecule has 0 spiro atoms. The topological polar surface area (TPSA) is 109 Å². The summed E-state index contributed by atoms with van der Waals surface area (Å²) in [7, 11) is -3.73. The first kappa shape index (κ1) is 19.3. The number of nitrogens with one attached hydrogen (secondary N) is 3. The van der Waals surface area contributed by atoms with Crippen molar-refractivity contribution in [1.82, 2.24) is 10.0 Å². The molecule has 2 aliphatic rings. The van der Waals surface area contributed by atoms with Crippen LogP contribution >= 0.6 is 0 Å². The Hall–Kier alpha value is -3.07. The number of hydrogen-bond donors (Lipinski definition) is 3. The van der Waals surface area contributed by atoms with Gasteiger partial charge in [-0.1, -0.05) is 24.3 Å². The molecule has 0 radical (unpaired) electrons. The molecule has 3 N–H and O–H groups in total. The van der Waals surface area contributed by atoms with E-state index in [2.05, 4.69) is 20.3 Å². The number of amides is 2. The minimum atomic E-state index is -3.73. The second kappa shape index (κ2) is 8.12. The fraction of sp³-hybridized carbons (Fsp3) is 0.300. The molecule has 2 aromatic carbocycles. The summed E-state index contributed by atoms with van der Waals surface area (Å²) in [4.78, 5) is 16.4. The molecule has 0 aromatic heterocycles. The molecular formula is C20H22N4O4S. The number of urea groups is 1. The van der Waals surface area contributed by atoms with Gasteiger partial charge in [0.1, 0.15) is 17.7 Å². The number of amidine groups is 1. The predicted molar refractivity (Wildman–Crippen MR) is 110 cm³/mol. The Morgan fingerprint density at radius 1 is 1.17 bits per heavy atom. The van der Waals surface area contributed by atoms with Crippen LogP contribution < -0.4 is 20.1 Å². The molecule has 4 rings (SSSR count). The number of carbonyl (C=O) groups excluding carboxylic acids is 1. The molecule has 2 aromatic rings. The third-order valence-corrected chi connectivity index (χ3v) is 6.11. The van der Waals surface area contributed by atoms with E-state index < -0.39 is 16.1 Å². The van der Waals surface area contributed by atoms with Gasteiger partial charge in [0, 0.05) is 25.1 Å².